The maximum atomic E-state index is 12.1. The highest BCUT2D eigenvalue weighted by molar-refractivity contribution is 5.95. The Morgan fingerprint density at radius 3 is 2.70 bits per heavy atom. The zero-order valence-electron chi connectivity index (χ0n) is 12.4. The first-order chi connectivity index (χ1) is 9.38. The number of anilines is 1. The normalized spacial score (nSPS) is 11.2. The van der Waals surface area contributed by atoms with Crippen LogP contribution in [-0.4, -0.2) is 31.3 Å². The van der Waals surface area contributed by atoms with Crippen LogP contribution >= 0.6 is 0 Å². The molecule has 112 valence electrons. The van der Waals surface area contributed by atoms with Crippen molar-refractivity contribution in [3.05, 3.63) is 23.8 Å². The largest absolute Gasteiger partial charge is 0.497 e. The lowest BCUT2D eigenvalue weighted by Crippen LogP contribution is -2.34. The van der Waals surface area contributed by atoms with E-state index in [1.807, 2.05) is 0 Å². The first-order valence-corrected chi connectivity index (χ1v) is 6.71. The fourth-order valence-corrected chi connectivity index (χ4v) is 1.94. The Bertz CT molecular complexity index is 458. The fraction of sp³-hybridized carbons (Fsp3) is 0.533. The van der Waals surface area contributed by atoms with E-state index in [0.717, 1.165) is 12.8 Å². The van der Waals surface area contributed by atoms with Crippen molar-refractivity contribution in [2.75, 3.05) is 26.0 Å². The highest BCUT2D eigenvalue weighted by atomic mass is 16.5. The van der Waals surface area contributed by atoms with Gasteiger partial charge in [-0.15, -0.1) is 0 Å². The van der Waals surface area contributed by atoms with E-state index in [1.165, 1.54) is 7.11 Å². The molecule has 5 heteroatoms. The minimum absolute atomic E-state index is 0.0528. The Morgan fingerprint density at radius 2 is 2.10 bits per heavy atom. The predicted octanol–water partition coefficient (Wildman–Crippen LogP) is 1.81. The van der Waals surface area contributed by atoms with Gasteiger partial charge in [-0.1, -0.05) is 13.8 Å². The van der Waals surface area contributed by atoms with E-state index in [4.69, 9.17) is 15.6 Å². The summed E-state index contributed by atoms with van der Waals surface area (Å²) in [6.45, 7) is 4.83. The number of nitrogens with one attached hydrogen (secondary N) is 1. The summed E-state index contributed by atoms with van der Waals surface area (Å²) in [5.74, 6) is 0.391. The molecule has 0 aliphatic heterocycles. The Hall–Kier alpha value is -1.75. The second-order valence-electron chi connectivity index (χ2n) is 5.67. The number of hydrogen-bond donors (Lipinski definition) is 3. The lowest BCUT2D eigenvalue weighted by Gasteiger charge is -2.24. The minimum atomic E-state index is -0.173. The number of carbonyl (C=O) groups excluding carboxylic acids is 1. The van der Waals surface area contributed by atoms with E-state index in [-0.39, 0.29) is 17.9 Å². The highest BCUT2D eigenvalue weighted by Gasteiger charge is 2.19. The maximum absolute atomic E-state index is 12.1. The average molecular weight is 280 g/mol. The van der Waals surface area contributed by atoms with Crippen LogP contribution < -0.4 is 15.8 Å². The van der Waals surface area contributed by atoms with Gasteiger partial charge in [-0.25, -0.2) is 0 Å². The molecule has 0 fully saturated rings. The number of carbonyl (C=O) groups is 1. The van der Waals surface area contributed by atoms with Crippen molar-refractivity contribution >= 4 is 11.6 Å². The Kier molecular flexibility index (Phi) is 5.82. The Labute approximate surface area is 120 Å². The molecule has 0 unspecified atom stereocenters. The number of hydrogen-bond acceptors (Lipinski definition) is 4. The number of rotatable bonds is 7. The summed E-state index contributed by atoms with van der Waals surface area (Å²) in [6, 6.07) is 4.95. The quantitative estimate of drug-likeness (QED) is 0.665. The van der Waals surface area contributed by atoms with Crippen LogP contribution in [0, 0.1) is 5.41 Å². The monoisotopic (exact) mass is 280 g/mol. The fourth-order valence-electron chi connectivity index (χ4n) is 1.94. The van der Waals surface area contributed by atoms with Crippen LogP contribution in [0.1, 0.15) is 37.0 Å². The molecule has 0 aromatic heterocycles. The molecule has 1 aromatic carbocycles. The second kappa shape index (κ2) is 7.14. The molecule has 0 atom stereocenters. The third kappa shape index (κ3) is 5.09. The molecule has 0 saturated carbocycles. The van der Waals surface area contributed by atoms with Crippen molar-refractivity contribution in [3.8, 4) is 5.75 Å². The summed E-state index contributed by atoms with van der Waals surface area (Å²) in [4.78, 5) is 12.1. The van der Waals surface area contributed by atoms with Gasteiger partial charge >= 0.3 is 0 Å². The molecule has 0 heterocycles. The van der Waals surface area contributed by atoms with Gasteiger partial charge < -0.3 is 20.9 Å². The molecule has 0 radical (unpaired) electrons. The van der Waals surface area contributed by atoms with Gasteiger partial charge in [-0.3, -0.25) is 4.79 Å². The Balaban J connectivity index is 2.65. The van der Waals surface area contributed by atoms with E-state index in [1.54, 1.807) is 18.2 Å². The summed E-state index contributed by atoms with van der Waals surface area (Å²) in [5.41, 5.74) is 6.66. The van der Waals surface area contributed by atoms with Gasteiger partial charge in [0, 0.05) is 30.5 Å². The number of methoxy groups -OCH3 is 1. The lowest BCUT2D eigenvalue weighted by atomic mass is 9.88. The molecule has 4 N–H and O–H groups in total. The molecule has 1 amide bonds. The van der Waals surface area contributed by atoms with E-state index in [0.29, 0.717) is 23.5 Å². The van der Waals surface area contributed by atoms with Crippen molar-refractivity contribution in [3.63, 3.8) is 0 Å². The van der Waals surface area contributed by atoms with Gasteiger partial charge in [-0.2, -0.15) is 0 Å². The number of benzene rings is 1. The Morgan fingerprint density at radius 1 is 1.40 bits per heavy atom. The molecule has 0 bridgehead atoms. The summed E-state index contributed by atoms with van der Waals surface area (Å²) in [5, 5.41) is 11.8. The number of ether oxygens (including phenoxy) is 1. The molecule has 0 saturated heterocycles. The minimum Gasteiger partial charge on any atom is -0.497 e. The molecule has 1 rings (SSSR count). The zero-order chi connectivity index (χ0) is 15.2. The third-order valence-electron chi connectivity index (χ3n) is 3.17. The van der Waals surface area contributed by atoms with Crippen molar-refractivity contribution < 1.29 is 14.6 Å². The maximum Gasteiger partial charge on any atom is 0.251 e. The van der Waals surface area contributed by atoms with Crippen LogP contribution in [0.15, 0.2) is 18.2 Å². The van der Waals surface area contributed by atoms with Crippen molar-refractivity contribution in [1.82, 2.24) is 5.32 Å². The van der Waals surface area contributed by atoms with Gasteiger partial charge in [0.1, 0.15) is 5.75 Å². The number of amides is 1. The number of aliphatic hydroxyl groups excluding tert-OH is 1. The molecule has 5 nitrogen and oxygen atoms in total. The molecule has 20 heavy (non-hydrogen) atoms. The van der Waals surface area contributed by atoms with Crippen LogP contribution in [0.25, 0.3) is 0 Å². The highest BCUT2D eigenvalue weighted by Crippen LogP contribution is 2.22. The first-order valence-electron chi connectivity index (χ1n) is 6.71. The molecular formula is C15H24N2O3. The van der Waals surface area contributed by atoms with Crippen LogP contribution in [0.4, 0.5) is 5.69 Å². The van der Waals surface area contributed by atoms with Crippen molar-refractivity contribution in [2.24, 2.45) is 5.41 Å². The summed E-state index contributed by atoms with van der Waals surface area (Å²) >= 11 is 0. The number of aliphatic hydroxyl groups is 1. The topological polar surface area (TPSA) is 84.6 Å². The lowest BCUT2D eigenvalue weighted by molar-refractivity contribution is 0.0932. The van der Waals surface area contributed by atoms with Crippen molar-refractivity contribution in [1.29, 1.82) is 0 Å². The summed E-state index contributed by atoms with van der Waals surface area (Å²) in [7, 11) is 1.54. The van der Waals surface area contributed by atoms with E-state index >= 15 is 0 Å². The van der Waals surface area contributed by atoms with Crippen molar-refractivity contribution in [2.45, 2.75) is 26.7 Å². The van der Waals surface area contributed by atoms with Gasteiger partial charge in [0.15, 0.2) is 0 Å². The van der Waals surface area contributed by atoms with E-state index < -0.39 is 0 Å². The van der Waals surface area contributed by atoms with Gasteiger partial charge in [0.25, 0.3) is 5.91 Å². The molecule has 0 aliphatic carbocycles. The smallest absolute Gasteiger partial charge is 0.251 e. The predicted molar refractivity (Wildman–Crippen MR) is 79.8 cm³/mol. The molecular weight excluding hydrogens is 256 g/mol. The number of nitrogen functional groups attached to an aromatic ring is 1. The van der Waals surface area contributed by atoms with Crippen LogP contribution in [-0.2, 0) is 0 Å². The SMILES string of the molecule is COc1cc(N)cc(C(=O)NCC(C)(C)CCCO)c1. The number of nitrogens with two attached hydrogens (primary N) is 1. The van der Waals surface area contributed by atoms with Crippen LogP contribution in [0.2, 0.25) is 0 Å². The molecule has 0 spiro atoms. The summed E-state index contributed by atoms with van der Waals surface area (Å²) in [6.07, 6.45) is 1.58. The first kappa shape index (κ1) is 16.3. The standard InChI is InChI=1S/C15H24N2O3/c1-15(2,5-4-6-18)10-17-14(19)11-7-12(16)9-13(8-11)20-3/h7-9,18H,4-6,10,16H2,1-3H3,(H,17,19). The van der Waals surface area contributed by atoms with E-state index in [2.05, 4.69) is 19.2 Å². The molecule has 1 aromatic rings. The van der Waals surface area contributed by atoms with Crippen LogP contribution in [0.5, 0.6) is 5.75 Å². The van der Waals surface area contributed by atoms with Gasteiger partial charge in [-0.05, 0) is 30.4 Å². The summed E-state index contributed by atoms with van der Waals surface area (Å²) < 4.78 is 5.10. The van der Waals surface area contributed by atoms with E-state index in [9.17, 15) is 4.79 Å². The molecule has 0 aliphatic rings. The van der Waals surface area contributed by atoms with Gasteiger partial charge in [0.05, 0.1) is 7.11 Å². The zero-order valence-corrected chi connectivity index (χ0v) is 12.4. The second-order valence-corrected chi connectivity index (χ2v) is 5.67. The third-order valence-corrected chi connectivity index (χ3v) is 3.17. The van der Waals surface area contributed by atoms with Crippen LogP contribution in [0.3, 0.4) is 0 Å². The average Bonchev–Trinajstić information content (AvgIpc) is 2.42. The van der Waals surface area contributed by atoms with Gasteiger partial charge in [0.2, 0.25) is 0 Å².